The van der Waals surface area contributed by atoms with Crippen molar-refractivity contribution in [1.82, 2.24) is 5.32 Å². The molecular weight excluding hydrogens is 255 g/mol. The van der Waals surface area contributed by atoms with Crippen molar-refractivity contribution < 1.29 is 17.9 Å². The summed E-state index contributed by atoms with van der Waals surface area (Å²) in [5, 5.41) is 3.17. The van der Waals surface area contributed by atoms with E-state index in [1.54, 1.807) is 19.1 Å². The maximum absolute atomic E-state index is 13.2. The summed E-state index contributed by atoms with van der Waals surface area (Å²) in [6.07, 6.45) is -2.83. The number of hydrogen-bond acceptors (Lipinski definition) is 2. The number of benzene rings is 1. The van der Waals surface area contributed by atoms with Crippen molar-refractivity contribution in [3.63, 3.8) is 0 Å². The van der Waals surface area contributed by atoms with Crippen LogP contribution < -0.4 is 10.1 Å². The van der Waals surface area contributed by atoms with E-state index in [2.05, 4.69) is 5.32 Å². The van der Waals surface area contributed by atoms with E-state index >= 15 is 0 Å². The summed E-state index contributed by atoms with van der Waals surface area (Å²) in [5.41, 5.74) is -0.150. The van der Waals surface area contributed by atoms with Crippen LogP contribution in [0.2, 0.25) is 0 Å². The second kappa shape index (κ2) is 5.82. The minimum absolute atomic E-state index is 0.0199. The number of halogens is 3. The average Bonchev–Trinajstić information content (AvgIpc) is 2.39. The van der Waals surface area contributed by atoms with Crippen LogP contribution in [0.1, 0.15) is 36.8 Å². The second-order valence-electron chi connectivity index (χ2n) is 4.70. The molecule has 1 saturated heterocycles. The Labute approximate surface area is 111 Å². The first-order chi connectivity index (χ1) is 9.02. The minimum Gasteiger partial charge on any atom is -0.494 e. The largest absolute Gasteiger partial charge is 0.494 e. The number of nitrogens with one attached hydrogen (secondary N) is 1. The van der Waals surface area contributed by atoms with Crippen LogP contribution in [0.15, 0.2) is 18.2 Å². The molecule has 0 bridgehead atoms. The lowest BCUT2D eigenvalue weighted by molar-refractivity contribution is -0.138. The molecule has 0 atom stereocenters. The van der Waals surface area contributed by atoms with Gasteiger partial charge >= 0.3 is 6.18 Å². The van der Waals surface area contributed by atoms with E-state index in [1.165, 1.54) is 0 Å². The van der Waals surface area contributed by atoms with E-state index in [-0.39, 0.29) is 11.7 Å². The quantitative estimate of drug-likeness (QED) is 0.909. The Balaban J connectivity index is 2.35. The van der Waals surface area contributed by atoms with Crippen LogP contribution in [-0.2, 0) is 6.18 Å². The summed E-state index contributed by atoms with van der Waals surface area (Å²) < 4.78 is 44.6. The first kappa shape index (κ1) is 14.2. The number of rotatable bonds is 3. The normalized spacial score (nSPS) is 17.5. The van der Waals surface area contributed by atoms with Crippen LogP contribution in [0.25, 0.3) is 0 Å². The Morgan fingerprint density at radius 1 is 1.26 bits per heavy atom. The van der Waals surface area contributed by atoms with E-state index in [0.717, 1.165) is 32.0 Å². The topological polar surface area (TPSA) is 21.3 Å². The molecule has 0 aromatic heterocycles. The Morgan fingerprint density at radius 3 is 2.53 bits per heavy atom. The molecule has 0 aliphatic carbocycles. The molecule has 0 unspecified atom stereocenters. The van der Waals surface area contributed by atoms with Gasteiger partial charge in [-0.2, -0.15) is 13.2 Å². The van der Waals surface area contributed by atoms with Gasteiger partial charge in [0.25, 0.3) is 0 Å². The van der Waals surface area contributed by atoms with E-state index in [4.69, 9.17) is 4.74 Å². The van der Waals surface area contributed by atoms with E-state index < -0.39 is 11.7 Å². The van der Waals surface area contributed by atoms with Crippen LogP contribution in [0.3, 0.4) is 0 Å². The van der Waals surface area contributed by atoms with Crippen LogP contribution in [0.4, 0.5) is 13.2 Å². The smallest absolute Gasteiger partial charge is 0.416 e. The summed E-state index contributed by atoms with van der Waals surface area (Å²) in [7, 11) is 0. The molecule has 0 spiro atoms. The molecular formula is C14H18F3NO. The lowest BCUT2D eigenvalue weighted by Gasteiger charge is -2.26. The Morgan fingerprint density at radius 2 is 1.95 bits per heavy atom. The molecule has 5 heteroatoms. The van der Waals surface area contributed by atoms with Gasteiger partial charge in [-0.1, -0.05) is 6.07 Å². The fourth-order valence-electron chi connectivity index (χ4n) is 2.53. The zero-order valence-corrected chi connectivity index (χ0v) is 10.9. The molecule has 1 N–H and O–H groups in total. The molecule has 2 rings (SSSR count). The molecule has 1 heterocycles. The summed E-state index contributed by atoms with van der Waals surface area (Å²) in [5.74, 6) is 0.265. The predicted octanol–water partition coefficient (Wildman–Crippen LogP) is 3.57. The molecule has 1 aliphatic heterocycles. The van der Waals surface area contributed by atoms with Crippen molar-refractivity contribution in [2.75, 3.05) is 19.7 Å². The van der Waals surface area contributed by atoms with Crippen LogP contribution in [-0.4, -0.2) is 19.7 Å². The summed E-state index contributed by atoms with van der Waals surface area (Å²) in [6, 6.07) is 4.33. The van der Waals surface area contributed by atoms with Crippen molar-refractivity contribution >= 4 is 0 Å². The standard InChI is InChI=1S/C14H18F3NO/c1-2-19-11-3-4-12(10-5-7-18-8-6-10)13(9-11)14(15,16)17/h3-4,9-10,18H,2,5-8H2,1H3. The number of piperidine rings is 1. The van der Waals surface area contributed by atoms with Crippen molar-refractivity contribution in [2.24, 2.45) is 0 Å². The third-order valence-electron chi connectivity index (χ3n) is 3.42. The van der Waals surface area contributed by atoms with Crippen molar-refractivity contribution in [1.29, 1.82) is 0 Å². The van der Waals surface area contributed by atoms with Gasteiger partial charge in [-0.05, 0) is 56.5 Å². The third kappa shape index (κ3) is 3.41. The second-order valence-corrected chi connectivity index (χ2v) is 4.70. The van der Waals surface area contributed by atoms with Crippen molar-refractivity contribution in [3.05, 3.63) is 29.3 Å². The average molecular weight is 273 g/mol. The molecule has 1 aromatic rings. The highest BCUT2D eigenvalue weighted by Crippen LogP contribution is 2.39. The van der Waals surface area contributed by atoms with Gasteiger partial charge in [0.05, 0.1) is 12.2 Å². The van der Waals surface area contributed by atoms with Gasteiger partial charge in [0.2, 0.25) is 0 Å². The molecule has 0 radical (unpaired) electrons. The molecule has 1 fully saturated rings. The van der Waals surface area contributed by atoms with E-state index in [1.807, 2.05) is 0 Å². The Kier molecular flexibility index (Phi) is 4.34. The van der Waals surface area contributed by atoms with E-state index in [0.29, 0.717) is 12.2 Å². The summed E-state index contributed by atoms with van der Waals surface area (Å²) >= 11 is 0. The SMILES string of the molecule is CCOc1ccc(C2CCNCC2)c(C(F)(F)F)c1. The molecule has 0 saturated carbocycles. The zero-order valence-electron chi connectivity index (χ0n) is 10.9. The van der Waals surface area contributed by atoms with Crippen LogP contribution in [0, 0.1) is 0 Å². The molecule has 0 amide bonds. The first-order valence-corrected chi connectivity index (χ1v) is 6.57. The van der Waals surface area contributed by atoms with Gasteiger partial charge in [-0.15, -0.1) is 0 Å². The monoisotopic (exact) mass is 273 g/mol. The summed E-state index contributed by atoms with van der Waals surface area (Å²) in [4.78, 5) is 0. The van der Waals surface area contributed by atoms with Gasteiger partial charge in [0, 0.05) is 0 Å². The van der Waals surface area contributed by atoms with E-state index in [9.17, 15) is 13.2 Å². The number of alkyl halides is 3. The van der Waals surface area contributed by atoms with Crippen LogP contribution in [0.5, 0.6) is 5.75 Å². The van der Waals surface area contributed by atoms with Crippen molar-refractivity contribution in [2.45, 2.75) is 31.9 Å². The highest BCUT2D eigenvalue weighted by molar-refractivity contribution is 5.39. The molecule has 2 nitrogen and oxygen atoms in total. The number of ether oxygens (including phenoxy) is 1. The lowest BCUT2D eigenvalue weighted by Crippen LogP contribution is -2.27. The van der Waals surface area contributed by atoms with Gasteiger partial charge in [0.15, 0.2) is 0 Å². The Hall–Kier alpha value is -1.23. The maximum Gasteiger partial charge on any atom is 0.416 e. The predicted molar refractivity (Wildman–Crippen MR) is 67.5 cm³/mol. The highest BCUT2D eigenvalue weighted by atomic mass is 19.4. The lowest BCUT2D eigenvalue weighted by atomic mass is 9.87. The fraction of sp³-hybridized carbons (Fsp3) is 0.571. The third-order valence-corrected chi connectivity index (χ3v) is 3.42. The van der Waals surface area contributed by atoms with Gasteiger partial charge in [0.1, 0.15) is 5.75 Å². The van der Waals surface area contributed by atoms with Crippen LogP contribution >= 0.6 is 0 Å². The minimum atomic E-state index is -4.33. The molecule has 1 aliphatic rings. The van der Waals surface area contributed by atoms with Gasteiger partial charge < -0.3 is 10.1 Å². The Bertz CT molecular complexity index is 425. The highest BCUT2D eigenvalue weighted by Gasteiger charge is 2.36. The van der Waals surface area contributed by atoms with Gasteiger partial charge in [-0.3, -0.25) is 0 Å². The van der Waals surface area contributed by atoms with Gasteiger partial charge in [-0.25, -0.2) is 0 Å². The first-order valence-electron chi connectivity index (χ1n) is 6.57. The molecule has 1 aromatic carbocycles. The maximum atomic E-state index is 13.2. The fourth-order valence-corrected chi connectivity index (χ4v) is 2.53. The zero-order chi connectivity index (χ0) is 13.9. The molecule has 106 valence electrons. The molecule has 19 heavy (non-hydrogen) atoms. The number of hydrogen-bond donors (Lipinski definition) is 1. The van der Waals surface area contributed by atoms with Crippen molar-refractivity contribution in [3.8, 4) is 5.75 Å². The summed E-state index contributed by atoms with van der Waals surface area (Å²) in [6.45, 7) is 3.67.